The van der Waals surface area contributed by atoms with Gasteiger partial charge in [-0.25, -0.2) is 4.99 Å². The lowest BCUT2D eigenvalue weighted by Crippen LogP contribution is -2.41. The van der Waals surface area contributed by atoms with Crippen molar-refractivity contribution >= 4 is 11.9 Å². The Balaban J connectivity index is 2.02. The molecule has 1 fully saturated rings. The molecule has 1 unspecified atom stereocenters. The van der Waals surface area contributed by atoms with Gasteiger partial charge in [0.2, 0.25) is 5.91 Å². The molecule has 126 valence electrons. The number of carbonyl (C=O) groups is 1. The standard InChI is InChI=1S/C17H26N4O2/c1-3-19-17(21(2)11-14-7-8-23-12-14)20-10-13-5-4-6-15(9-13)16(18)22/h4-6,9,14H,3,7-8,10-12H2,1-2H3,(H2,18,22)(H,19,20). The Labute approximate surface area is 137 Å². The summed E-state index contributed by atoms with van der Waals surface area (Å²) in [5, 5.41) is 3.31. The number of hydrogen-bond donors (Lipinski definition) is 2. The van der Waals surface area contributed by atoms with E-state index in [-0.39, 0.29) is 0 Å². The first-order valence-electron chi connectivity index (χ1n) is 8.06. The molecule has 6 nitrogen and oxygen atoms in total. The highest BCUT2D eigenvalue weighted by Gasteiger charge is 2.19. The minimum atomic E-state index is -0.416. The van der Waals surface area contributed by atoms with E-state index in [0.717, 1.165) is 44.2 Å². The van der Waals surface area contributed by atoms with Crippen molar-refractivity contribution in [2.75, 3.05) is 33.4 Å². The van der Waals surface area contributed by atoms with E-state index in [9.17, 15) is 4.79 Å². The van der Waals surface area contributed by atoms with Crippen molar-refractivity contribution in [3.8, 4) is 0 Å². The van der Waals surface area contributed by atoms with Gasteiger partial charge in [0, 0.05) is 38.2 Å². The summed E-state index contributed by atoms with van der Waals surface area (Å²) in [6.07, 6.45) is 1.10. The molecule has 0 aliphatic carbocycles. The Morgan fingerprint density at radius 1 is 1.52 bits per heavy atom. The van der Waals surface area contributed by atoms with Gasteiger partial charge in [-0.05, 0) is 31.0 Å². The molecule has 0 bridgehead atoms. The van der Waals surface area contributed by atoms with Crippen LogP contribution in [0.3, 0.4) is 0 Å². The molecule has 1 atom stereocenters. The molecule has 1 heterocycles. The molecule has 6 heteroatoms. The summed E-state index contributed by atoms with van der Waals surface area (Å²) in [6.45, 7) is 5.97. The Bertz CT molecular complexity index is 553. The molecule has 0 radical (unpaired) electrons. The highest BCUT2D eigenvalue weighted by atomic mass is 16.5. The number of benzene rings is 1. The zero-order valence-corrected chi connectivity index (χ0v) is 13.9. The average Bonchev–Trinajstić information content (AvgIpc) is 3.04. The van der Waals surface area contributed by atoms with Crippen molar-refractivity contribution in [3.63, 3.8) is 0 Å². The third-order valence-electron chi connectivity index (χ3n) is 3.88. The third-order valence-corrected chi connectivity index (χ3v) is 3.88. The van der Waals surface area contributed by atoms with Crippen molar-refractivity contribution in [3.05, 3.63) is 35.4 Å². The van der Waals surface area contributed by atoms with E-state index in [1.165, 1.54) is 0 Å². The average molecular weight is 318 g/mol. The molecule has 3 N–H and O–H groups in total. The predicted octanol–water partition coefficient (Wildman–Crippen LogP) is 1.22. The summed E-state index contributed by atoms with van der Waals surface area (Å²) < 4.78 is 5.43. The van der Waals surface area contributed by atoms with Gasteiger partial charge in [0.15, 0.2) is 5.96 Å². The van der Waals surface area contributed by atoms with Gasteiger partial charge in [0.1, 0.15) is 0 Å². The fourth-order valence-electron chi connectivity index (χ4n) is 2.66. The minimum absolute atomic E-state index is 0.416. The van der Waals surface area contributed by atoms with Crippen LogP contribution in [0.15, 0.2) is 29.3 Å². The number of hydrogen-bond acceptors (Lipinski definition) is 3. The molecular weight excluding hydrogens is 292 g/mol. The van der Waals surface area contributed by atoms with Crippen molar-refractivity contribution in [1.29, 1.82) is 0 Å². The molecule has 1 aromatic rings. The van der Waals surface area contributed by atoms with Crippen LogP contribution in [-0.4, -0.2) is 50.1 Å². The summed E-state index contributed by atoms with van der Waals surface area (Å²) in [7, 11) is 2.04. The number of carbonyl (C=O) groups excluding carboxylic acids is 1. The first-order chi connectivity index (χ1) is 11.1. The Hall–Kier alpha value is -2.08. The second-order valence-corrected chi connectivity index (χ2v) is 5.84. The minimum Gasteiger partial charge on any atom is -0.381 e. The van der Waals surface area contributed by atoms with E-state index in [2.05, 4.69) is 22.1 Å². The summed E-state index contributed by atoms with van der Waals surface area (Å²) in [6, 6.07) is 7.29. The molecule has 1 aromatic carbocycles. The van der Waals surface area contributed by atoms with E-state index in [1.54, 1.807) is 12.1 Å². The van der Waals surface area contributed by atoms with Crippen LogP contribution in [0.2, 0.25) is 0 Å². The molecule has 0 spiro atoms. The van der Waals surface area contributed by atoms with E-state index in [1.807, 2.05) is 19.2 Å². The van der Waals surface area contributed by atoms with Crippen LogP contribution in [0.1, 0.15) is 29.3 Å². The third kappa shape index (κ3) is 5.25. The zero-order valence-electron chi connectivity index (χ0n) is 13.9. The number of amides is 1. The second kappa shape index (κ2) is 8.53. The number of nitrogens with one attached hydrogen (secondary N) is 1. The molecule has 1 aliphatic heterocycles. The van der Waals surface area contributed by atoms with Crippen molar-refractivity contribution in [2.24, 2.45) is 16.6 Å². The van der Waals surface area contributed by atoms with Crippen LogP contribution in [0.25, 0.3) is 0 Å². The lowest BCUT2D eigenvalue weighted by molar-refractivity contribution is 0.1000. The summed E-state index contributed by atoms with van der Waals surface area (Å²) in [5.74, 6) is 1.01. The largest absolute Gasteiger partial charge is 0.381 e. The highest BCUT2D eigenvalue weighted by Crippen LogP contribution is 2.13. The van der Waals surface area contributed by atoms with Crippen LogP contribution in [-0.2, 0) is 11.3 Å². The monoisotopic (exact) mass is 318 g/mol. The summed E-state index contributed by atoms with van der Waals surface area (Å²) in [5.41, 5.74) is 6.80. The first-order valence-corrected chi connectivity index (χ1v) is 8.06. The zero-order chi connectivity index (χ0) is 16.7. The van der Waals surface area contributed by atoms with Gasteiger partial charge < -0.3 is 20.7 Å². The maximum atomic E-state index is 11.2. The van der Waals surface area contributed by atoms with Gasteiger partial charge in [-0.15, -0.1) is 0 Å². The Kier molecular flexibility index (Phi) is 6.40. The van der Waals surface area contributed by atoms with Crippen molar-refractivity contribution < 1.29 is 9.53 Å². The molecule has 0 saturated carbocycles. The molecule has 23 heavy (non-hydrogen) atoms. The quantitative estimate of drug-likeness (QED) is 0.610. The van der Waals surface area contributed by atoms with Crippen molar-refractivity contribution in [2.45, 2.75) is 19.9 Å². The lowest BCUT2D eigenvalue weighted by atomic mass is 10.1. The van der Waals surface area contributed by atoms with Gasteiger partial charge >= 0.3 is 0 Å². The predicted molar refractivity (Wildman–Crippen MR) is 91.3 cm³/mol. The number of guanidine groups is 1. The van der Waals surface area contributed by atoms with E-state index < -0.39 is 5.91 Å². The molecular formula is C17H26N4O2. The van der Waals surface area contributed by atoms with Crippen molar-refractivity contribution in [1.82, 2.24) is 10.2 Å². The fourth-order valence-corrected chi connectivity index (χ4v) is 2.66. The van der Waals surface area contributed by atoms with Gasteiger partial charge in [-0.3, -0.25) is 4.79 Å². The number of primary amides is 1. The molecule has 1 saturated heterocycles. The summed E-state index contributed by atoms with van der Waals surface area (Å²) >= 11 is 0. The van der Waals surface area contributed by atoms with E-state index in [4.69, 9.17) is 10.5 Å². The number of aliphatic imine (C=N–C) groups is 1. The number of rotatable bonds is 6. The van der Waals surface area contributed by atoms with E-state index in [0.29, 0.717) is 18.0 Å². The van der Waals surface area contributed by atoms with Crippen LogP contribution in [0.5, 0.6) is 0 Å². The van der Waals surface area contributed by atoms with Gasteiger partial charge in [-0.2, -0.15) is 0 Å². The van der Waals surface area contributed by atoms with Gasteiger partial charge in [0.25, 0.3) is 0 Å². The maximum Gasteiger partial charge on any atom is 0.248 e. The molecule has 2 rings (SSSR count). The first kappa shape index (κ1) is 17.3. The van der Waals surface area contributed by atoms with Crippen LogP contribution >= 0.6 is 0 Å². The van der Waals surface area contributed by atoms with Gasteiger partial charge in [0.05, 0.1) is 13.2 Å². The molecule has 0 aromatic heterocycles. The fraction of sp³-hybridized carbons (Fsp3) is 0.529. The number of nitrogens with two attached hydrogens (primary N) is 1. The van der Waals surface area contributed by atoms with Gasteiger partial charge in [-0.1, -0.05) is 12.1 Å². The SMILES string of the molecule is CCNC(=NCc1cccc(C(N)=O)c1)N(C)CC1CCOC1. The highest BCUT2D eigenvalue weighted by molar-refractivity contribution is 5.92. The number of ether oxygens (including phenoxy) is 1. The molecule has 1 aliphatic rings. The lowest BCUT2D eigenvalue weighted by Gasteiger charge is -2.24. The normalized spacial score (nSPS) is 18.0. The van der Waals surface area contributed by atoms with Crippen LogP contribution < -0.4 is 11.1 Å². The molecule has 1 amide bonds. The smallest absolute Gasteiger partial charge is 0.248 e. The van der Waals surface area contributed by atoms with Crippen LogP contribution in [0, 0.1) is 5.92 Å². The van der Waals surface area contributed by atoms with Crippen LogP contribution in [0.4, 0.5) is 0 Å². The summed E-state index contributed by atoms with van der Waals surface area (Å²) in [4.78, 5) is 18.1. The second-order valence-electron chi connectivity index (χ2n) is 5.84. The Morgan fingerprint density at radius 3 is 3.00 bits per heavy atom. The maximum absolute atomic E-state index is 11.2. The van der Waals surface area contributed by atoms with E-state index >= 15 is 0 Å². The Morgan fingerprint density at radius 2 is 2.35 bits per heavy atom. The number of nitrogens with zero attached hydrogens (tertiary/aromatic N) is 2. The topological polar surface area (TPSA) is 79.9 Å².